The Labute approximate surface area is 89.9 Å². The van der Waals surface area contributed by atoms with Crippen molar-refractivity contribution in [2.24, 2.45) is 0 Å². The molecule has 2 aliphatic rings. The Balaban J connectivity index is 1.75. The summed E-state index contributed by atoms with van der Waals surface area (Å²) in [6.07, 6.45) is 3.67. The summed E-state index contributed by atoms with van der Waals surface area (Å²) < 4.78 is 21.9. The van der Waals surface area contributed by atoms with Crippen molar-refractivity contribution < 1.29 is 8.42 Å². The second-order valence-electron chi connectivity index (χ2n) is 4.18. The van der Waals surface area contributed by atoms with Crippen molar-refractivity contribution in [3.8, 4) is 0 Å². The summed E-state index contributed by atoms with van der Waals surface area (Å²) in [7, 11) is -2.66. The first-order chi connectivity index (χ1) is 6.66. The Morgan fingerprint density at radius 1 is 1.07 bits per heavy atom. The van der Waals surface area contributed by atoms with Crippen LogP contribution in [0.4, 0.5) is 0 Å². The maximum Gasteiger partial charge on any atom is 0.153 e. The van der Waals surface area contributed by atoms with Crippen molar-refractivity contribution in [3.63, 3.8) is 0 Å². The molecule has 5 heteroatoms. The number of thioether (sulfide) groups is 1. The van der Waals surface area contributed by atoms with Gasteiger partial charge in [0, 0.05) is 12.1 Å². The van der Waals surface area contributed by atoms with Crippen LogP contribution in [0, 0.1) is 0 Å². The van der Waals surface area contributed by atoms with E-state index in [0.29, 0.717) is 17.5 Å². The second kappa shape index (κ2) is 4.41. The van der Waals surface area contributed by atoms with E-state index in [9.17, 15) is 8.42 Å². The fourth-order valence-corrected chi connectivity index (χ4v) is 4.41. The Kier molecular flexibility index (Phi) is 3.39. The lowest BCUT2D eigenvalue weighted by Gasteiger charge is -2.30. The lowest BCUT2D eigenvalue weighted by molar-refractivity contribution is 0.414. The molecule has 2 fully saturated rings. The van der Waals surface area contributed by atoms with Crippen LogP contribution in [0.2, 0.25) is 0 Å². The maximum atomic E-state index is 11.0. The SMILES string of the molecule is O=S1(=O)CC(NC2CCCSCC2)C1. The van der Waals surface area contributed by atoms with E-state index in [0.717, 1.165) is 0 Å². The first-order valence-electron chi connectivity index (χ1n) is 5.20. The van der Waals surface area contributed by atoms with E-state index in [1.807, 2.05) is 11.8 Å². The Morgan fingerprint density at radius 3 is 2.57 bits per heavy atom. The molecule has 82 valence electrons. The summed E-state index contributed by atoms with van der Waals surface area (Å²) in [5.41, 5.74) is 0. The van der Waals surface area contributed by atoms with Crippen molar-refractivity contribution >= 4 is 21.6 Å². The molecular weight excluding hydrogens is 218 g/mol. The van der Waals surface area contributed by atoms with Gasteiger partial charge in [-0.2, -0.15) is 11.8 Å². The molecule has 1 unspecified atom stereocenters. The van der Waals surface area contributed by atoms with Crippen LogP contribution in [-0.2, 0) is 9.84 Å². The second-order valence-corrected chi connectivity index (χ2v) is 7.56. The first kappa shape index (κ1) is 10.8. The largest absolute Gasteiger partial charge is 0.309 e. The Hall–Kier alpha value is 0.260. The quantitative estimate of drug-likeness (QED) is 0.764. The van der Waals surface area contributed by atoms with Gasteiger partial charge in [0.15, 0.2) is 9.84 Å². The van der Waals surface area contributed by atoms with Gasteiger partial charge in [-0.3, -0.25) is 0 Å². The van der Waals surface area contributed by atoms with Crippen LogP contribution >= 0.6 is 11.8 Å². The van der Waals surface area contributed by atoms with Crippen LogP contribution in [-0.4, -0.2) is 43.5 Å². The molecule has 0 aliphatic carbocycles. The predicted octanol–water partition coefficient (Wildman–Crippen LogP) is 0.659. The smallest absolute Gasteiger partial charge is 0.153 e. The van der Waals surface area contributed by atoms with Crippen LogP contribution in [0.15, 0.2) is 0 Å². The van der Waals surface area contributed by atoms with Gasteiger partial charge in [0.2, 0.25) is 0 Å². The molecule has 0 saturated carbocycles. The van der Waals surface area contributed by atoms with Gasteiger partial charge in [0.05, 0.1) is 11.5 Å². The van der Waals surface area contributed by atoms with Crippen LogP contribution in [0.1, 0.15) is 19.3 Å². The minimum atomic E-state index is -2.66. The summed E-state index contributed by atoms with van der Waals surface area (Å²) in [6, 6.07) is 0.804. The molecule has 0 aromatic heterocycles. The van der Waals surface area contributed by atoms with Crippen molar-refractivity contribution in [3.05, 3.63) is 0 Å². The molecule has 2 saturated heterocycles. The number of sulfone groups is 1. The average Bonchev–Trinajstić information content (AvgIpc) is 2.29. The molecular formula is C9H17NO2S2. The van der Waals surface area contributed by atoms with Crippen LogP contribution < -0.4 is 5.32 Å². The summed E-state index contributed by atoms with van der Waals surface area (Å²) in [5, 5.41) is 3.46. The average molecular weight is 235 g/mol. The van der Waals surface area contributed by atoms with E-state index in [1.54, 1.807) is 0 Å². The lowest BCUT2D eigenvalue weighted by atomic mass is 10.1. The molecule has 0 bridgehead atoms. The summed E-state index contributed by atoms with van der Waals surface area (Å²) in [4.78, 5) is 0. The van der Waals surface area contributed by atoms with Gasteiger partial charge in [-0.15, -0.1) is 0 Å². The zero-order valence-corrected chi connectivity index (χ0v) is 9.87. The van der Waals surface area contributed by atoms with E-state index < -0.39 is 9.84 Å². The fraction of sp³-hybridized carbons (Fsp3) is 1.00. The highest BCUT2D eigenvalue weighted by molar-refractivity contribution is 7.99. The summed E-state index contributed by atoms with van der Waals surface area (Å²) >= 11 is 2.01. The lowest BCUT2D eigenvalue weighted by Crippen LogP contribution is -2.54. The van der Waals surface area contributed by atoms with Gasteiger partial charge in [-0.05, 0) is 30.8 Å². The normalized spacial score (nSPS) is 33.3. The molecule has 2 aliphatic heterocycles. The minimum absolute atomic E-state index is 0.244. The molecule has 0 radical (unpaired) electrons. The molecule has 0 aromatic carbocycles. The molecule has 1 N–H and O–H groups in total. The van der Waals surface area contributed by atoms with Crippen LogP contribution in [0.3, 0.4) is 0 Å². The third-order valence-corrected chi connectivity index (χ3v) is 5.76. The zero-order valence-electron chi connectivity index (χ0n) is 8.24. The van der Waals surface area contributed by atoms with Gasteiger partial charge in [-0.25, -0.2) is 8.42 Å². The number of hydrogen-bond acceptors (Lipinski definition) is 4. The fourth-order valence-electron chi connectivity index (χ4n) is 2.06. The van der Waals surface area contributed by atoms with E-state index >= 15 is 0 Å². The predicted molar refractivity (Wildman–Crippen MR) is 60.5 cm³/mol. The number of rotatable bonds is 2. The van der Waals surface area contributed by atoms with Crippen molar-refractivity contribution in [2.75, 3.05) is 23.0 Å². The third-order valence-electron chi connectivity index (χ3n) is 2.83. The number of nitrogens with one attached hydrogen (secondary N) is 1. The topological polar surface area (TPSA) is 46.2 Å². The third kappa shape index (κ3) is 2.87. The van der Waals surface area contributed by atoms with Gasteiger partial charge in [0.25, 0.3) is 0 Å². The highest BCUT2D eigenvalue weighted by atomic mass is 32.2. The standard InChI is InChI=1S/C9H17NO2S2/c11-14(12)6-9(7-14)10-8-2-1-4-13-5-3-8/h8-10H,1-7H2. The van der Waals surface area contributed by atoms with E-state index in [4.69, 9.17) is 0 Å². The van der Waals surface area contributed by atoms with E-state index in [1.165, 1.54) is 30.8 Å². The monoisotopic (exact) mass is 235 g/mol. The molecule has 14 heavy (non-hydrogen) atoms. The molecule has 1 atom stereocenters. The van der Waals surface area contributed by atoms with E-state index in [-0.39, 0.29) is 6.04 Å². The summed E-state index contributed by atoms with van der Waals surface area (Å²) in [6.45, 7) is 0. The van der Waals surface area contributed by atoms with Gasteiger partial charge < -0.3 is 5.32 Å². The van der Waals surface area contributed by atoms with Crippen molar-refractivity contribution in [2.45, 2.75) is 31.3 Å². The van der Waals surface area contributed by atoms with Gasteiger partial charge in [0.1, 0.15) is 0 Å². The molecule has 0 aromatic rings. The Morgan fingerprint density at radius 2 is 1.86 bits per heavy atom. The van der Waals surface area contributed by atoms with Gasteiger partial charge >= 0.3 is 0 Å². The van der Waals surface area contributed by atoms with Gasteiger partial charge in [-0.1, -0.05) is 0 Å². The number of hydrogen-bond donors (Lipinski definition) is 1. The van der Waals surface area contributed by atoms with Crippen LogP contribution in [0.25, 0.3) is 0 Å². The first-order valence-corrected chi connectivity index (χ1v) is 8.17. The molecule has 3 nitrogen and oxygen atoms in total. The molecule has 2 rings (SSSR count). The molecule has 0 spiro atoms. The summed E-state index contributed by atoms with van der Waals surface area (Å²) in [5.74, 6) is 3.20. The van der Waals surface area contributed by atoms with Crippen LogP contribution in [0.5, 0.6) is 0 Å². The zero-order chi connectivity index (χ0) is 10.0. The highest BCUT2D eigenvalue weighted by Crippen LogP contribution is 2.19. The minimum Gasteiger partial charge on any atom is -0.309 e. The molecule has 2 heterocycles. The van der Waals surface area contributed by atoms with E-state index in [2.05, 4.69) is 5.32 Å². The van der Waals surface area contributed by atoms with Crippen molar-refractivity contribution in [1.29, 1.82) is 0 Å². The van der Waals surface area contributed by atoms with Crippen molar-refractivity contribution in [1.82, 2.24) is 5.32 Å². The Bertz CT molecular complexity index is 269. The maximum absolute atomic E-state index is 11.0. The highest BCUT2D eigenvalue weighted by Gasteiger charge is 2.34. The molecule has 0 amide bonds.